The van der Waals surface area contributed by atoms with E-state index in [0.717, 1.165) is 30.9 Å². The highest BCUT2D eigenvalue weighted by Crippen LogP contribution is 2.24. The van der Waals surface area contributed by atoms with Crippen molar-refractivity contribution >= 4 is 5.82 Å². The van der Waals surface area contributed by atoms with Gasteiger partial charge in [0.1, 0.15) is 12.1 Å². The van der Waals surface area contributed by atoms with Gasteiger partial charge in [-0.15, -0.1) is 0 Å². The first-order valence-electron chi connectivity index (χ1n) is 6.10. The molecule has 0 amide bonds. The summed E-state index contributed by atoms with van der Waals surface area (Å²) in [5.74, 6) is 1.52. The number of aryl methyl sites for hydroxylation is 1. The van der Waals surface area contributed by atoms with E-state index in [0.29, 0.717) is 12.0 Å². The quantitative estimate of drug-likeness (QED) is 0.808. The van der Waals surface area contributed by atoms with Gasteiger partial charge in [0.25, 0.3) is 0 Å². The summed E-state index contributed by atoms with van der Waals surface area (Å²) < 4.78 is 0. The zero-order valence-electron chi connectivity index (χ0n) is 9.82. The number of hydrogen-bond donors (Lipinski definition) is 2. The van der Waals surface area contributed by atoms with Gasteiger partial charge in [0.05, 0.1) is 0 Å². The fourth-order valence-corrected chi connectivity index (χ4v) is 2.24. The van der Waals surface area contributed by atoms with Gasteiger partial charge in [-0.1, -0.05) is 13.3 Å². The van der Waals surface area contributed by atoms with Gasteiger partial charge >= 0.3 is 0 Å². The first kappa shape index (κ1) is 11.3. The first-order valence-corrected chi connectivity index (χ1v) is 6.10. The second-order valence-electron chi connectivity index (χ2n) is 4.48. The lowest BCUT2D eigenvalue weighted by molar-refractivity contribution is 0.504. The van der Waals surface area contributed by atoms with Gasteiger partial charge < -0.3 is 11.1 Å². The van der Waals surface area contributed by atoms with E-state index in [9.17, 15) is 0 Å². The number of nitrogens with zero attached hydrogens (tertiary/aromatic N) is 2. The van der Waals surface area contributed by atoms with Crippen LogP contribution in [0.4, 0.5) is 5.82 Å². The smallest absolute Gasteiger partial charge is 0.129 e. The molecule has 1 fully saturated rings. The van der Waals surface area contributed by atoms with Gasteiger partial charge in [-0.2, -0.15) is 0 Å². The molecule has 0 aromatic carbocycles. The summed E-state index contributed by atoms with van der Waals surface area (Å²) in [6.45, 7) is 3.03. The van der Waals surface area contributed by atoms with E-state index >= 15 is 0 Å². The molecule has 0 radical (unpaired) electrons. The van der Waals surface area contributed by atoms with Crippen LogP contribution in [0.15, 0.2) is 12.4 Å². The zero-order valence-corrected chi connectivity index (χ0v) is 9.82. The molecule has 4 heteroatoms. The van der Waals surface area contributed by atoms with Crippen LogP contribution >= 0.6 is 0 Å². The fraction of sp³-hybridized carbons (Fsp3) is 0.667. The zero-order chi connectivity index (χ0) is 11.4. The second kappa shape index (κ2) is 5.25. The average molecular weight is 220 g/mol. The predicted octanol–water partition coefficient (Wildman–Crippen LogP) is 1.58. The number of rotatable bonds is 4. The molecule has 2 rings (SSSR count). The molecule has 88 valence electrons. The highest BCUT2D eigenvalue weighted by Gasteiger charge is 2.23. The third-order valence-corrected chi connectivity index (χ3v) is 3.35. The van der Waals surface area contributed by atoms with Crippen molar-refractivity contribution in [2.75, 3.05) is 11.9 Å². The van der Waals surface area contributed by atoms with Gasteiger partial charge in [0.15, 0.2) is 0 Å². The molecular weight excluding hydrogens is 200 g/mol. The molecule has 1 aliphatic carbocycles. The highest BCUT2D eigenvalue weighted by atomic mass is 15.0. The molecule has 4 nitrogen and oxygen atoms in total. The van der Waals surface area contributed by atoms with Crippen molar-refractivity contribution in [2.24, 2.45) is 11.7 Å². The van der Waals surface area contributed by atoms with Gasteiger partial charge in [-0.25, -0.2) is 9.97 Å². The fourth-order valence-electron chi connectivity index (χ4n) is 2.24. The summed E-state index contributed by atoms with van der Waals surface area (Å²) in [4.78, 5) is 8.39. The van der Waals surface area contributed by atoms with E-state index in [2.05, 4.69) is 22.2 Å². The van der Waals surface area contributed by atoms with Crippen molar-refractivity contribution in [3.63, 3.8) is 0 Å². The first-order chi connectivity index (χ1) is 7.79. The summed E-state index contributed by atoms with van der Waals surface area (Å²) >= 11 is 0. The number of nitrogens with two attached hydrogens (primary N) is 1. The van der Waals surface area contributed by atoms with Crippen LogP contribution in [0.2, 0.25) is 0 Å². The highest BCUT2D eigenvalue weighted by molar-refractivity contribution is 5.34. The van der Waals surface area contributed by atoms with Crippen molar-refractivity contribution in [3.8, 4) is 0 Å². The molecule has 1 saturated carbocycles. The summed E-state index contributed by atoms with van der Waals surface area (Å²) in [5.41, 5.74) is 7.10. The van der Waals surface area contributed by atoms with Crippen LogP contribution in [-0.4, -0.2) is 22.6 Å². The molecular formula is C12H20N4. The van der Waals surface area contributed by atoms with Crippen molar-refractivity contribution in [1.82, 2.24) is 9.97 Å². The predicted molar refractivity (Wildman–Crippen MR) is 65.2 cm³/mol. The Kier molecular flexibility index (Phi) is 3.72. The van der Waals surface area contributed by atoms with Crippen LogP contribution in [0.1, 0.15) is 31.9 Å². The molecule has 16 heavy (non-hydrogen) atoms. The summed E-state index contributed by atoms with van der Waals surface area (Å²) in [6, 6.07) is 2.38. The summed E-state index contributed by atoms with van der Waals surface area (Å²) in [6.07, 6.45) is 6.23. The van der Waals surface area contributed by atoms with Crippen LogP contribution < -0.4 is 11.1 Å². The lowest BCUT2D eigenvalue weighted by Crippen LogP contribution is -2.29. The van der Waals surface area contributed by atoms with Crippen LogP contribution in [0.25, 0.3) is 0 Å². The Morgan fingerprint density at radius 2 is 2.31 bits per heavy atom. The molecule has 1 heterocycles. The Morgan fingerprint density at radius 3 is 3.00 bits per heavy atom. The molecule has 1 aromatic rings. The van der Waals surface area contributed by atoms with Crippen molar-refractivity contribution in [2.45, 2.75) is 38.6 Å². The maximum absolute atomic E-state index is 6.03. The lowest BCUT2D eigenvalue weighted by atomic mass is 10.1. The largest absolute Gasteiger partial charge is 0.370 e. The third kappa shape index (κ3) is 2.70. The van der Waals surface area contributed by atoms with Gasteiger partial charge in [0.2, 0.25) is 0 Å². The SMILES string of the molecule is CCc1cc(NCC2CCCC2N)ncn1. The topological polar surface area (TPSA) is 63.8 Å². The van der Waals surface area contributed by atoms with Crippen molar-refractivity contribution in [3.05, 3.63) is 18.1 Å². The Hall–Kier alpha value is -1.16. The third-order valence-electron chi connectivity index (χ3n) is 3.35. The van der Waals surface area contributed by atoms with E-state index in [1.54, 1.807) is 6.33 Å². The van der Waals surface area contributed by atoms with E-state index in [1.807, 2.05) is 6.07 Å². The lowest BCUT2D eigenvalue weighted by Gasteiger charge is -2.16. The number of nitrogens with one attached hydrogen (secondary N) is 1. The minimum Gasteiger partial charge on any atom is -0.370 e. The molecule has 2 unspecified atom stereocenters. The molecule has 3 N–H and O–H groups in total. The van der Waals surface area contributed by atoms with Gasteiger partial charge in [-0.3, -0.25) is 0 Å². The molecule has 0 saturated heterocycles. The average Bonchev–Trinajstić information content (AvgIpc) is 2.72. The summed E-state index contributed by atoms with van der Waals surface area (Å²) in [5, 5.41) is 3.36. The minimum absolute atomic E-state index is 0.361. The number of aromatic nitrogens is 2. The number of hydrogen-bond acceptors (Lipinski definition) is 4. The molecule has 0 spiro atoms. The van der Waals surface area contributed by atoms with E-state index in [-0.39, 0.29) is 0 Å². The second-order valence-corrected chi connectivity index (χ2v) is 4.48. The standard InChI is InChI=1S/C12H20N4/c1-2-10-6-12(16-8-15-10)14-7-9-4-3-5-11(9)13/h6,8-9,11H,2-5,7,13H2,1H3,(H,14,15,16). The Bertz CT molecular complexity index is 340. The maximum atomic E-state index is 6.03. The van der Waals surface area contributed by atoms with Crippen LogP contribution in [0.5, 0.6) is 0 Å². The van der Waals surface area contributed by atoms with Gasteiger partial charge in [0, 0.05) is 24.3 Å². The maximum Gasteiger partial charge on any atom is 0.129 e. The van der Waals surface area contributed by atoms with Gasteiger partial charge in [-0.05, 0) is 25.2 Å². The van der Waals surface area contributed by atoms with Crippen LogP contribution in [0.3, 0.4) is 0 Å². The molecule has 1 aliphatic rings. The normalized spacial score (nSPS) is 24.6. The minimum atomic E-state index is 0.361. The molecule has 0 bridgehead atoms. The molecule has 2 atom stereocenters. The molecule has 0 aliphatic heterocycles. The van der Waals surface area contributed by atoms with Crippen LogP contribution in [-0.2, 0) is 6.42 Å². The monoisotopic (exact) mass is 220 g/mol. The Labute approximate surface area is 96.7 Å². The Balaban J connectivity index is 1.88. The molecule has 1 aromatic heterocycles. The van der Waals surface area contributed by atoms with Crippen LogP contribution in [0, 0.1) is 5.92 Å². The Morgan fingerprint density at radius 1 is 1.44 bits per heavy atom. The summed E-state index contributed by atoms with van der Waals surface area (Å²) in [7, 11) is 0. The van der Waals surface area contributed by atoms with E-state index in [1.165, 1.54) is 12.8 Å². The van der Waals surface area contributed by atoms with E-state index < -0.39 is 0 Å². The number of anilines is 1. The van der Waals surface area contributed by atoms with Crippen molar-refractivity contribution < 1.29 is 0 Å². The van der Waals surface area contributed by atoms with E-state index in [4.69, 9.17) is 5.73 Å². The van der Waals surface area contributed by atoms with Crippen molar-refractivity contribution in [1.29, 1.82) is 0 Å².